The van der Waals surface area contributed by atoms with Crippen LogP contribution in [0.4, 0.5) is 18.9 Å². The summed E-state index contributed by atoms with van der Waals surface area (Å²) in [4.78, 5) is 24.2. The fraction of sp³-hybridized carbons (Fsp3) is 0.619. The van der Waals surface area contributed by atoms with E-state index >= 15 is 0 Å². The van der Waals surface area contributed by atoms with Crippen LogP contribution in [-0.4, -0.2) is 54.6 Å². The predicted molar refractivity (Wildman–Crippen MR) is 104 cm³/mol. The molecule has 1 aliphatic carbocycles. The summed E-state index contributed by atoms with van der Waals surface area (Å²) < 4.78 is 48.7. The molecule has 3 N–H and O–H groups in total. The Morgan fingerprint density at radius 3 is 2.65 bits per heavy atom. The number of hydrogen-bond acceptors (Lipinski definition) is 5. The van der Waals surface area contributed by atoms with Gasteiger partial charge in [0, 0.05) is 23.1 Å². The SMILES string of the molecule is O=C(C[C@@H]1C[C@H]2c3cc(NC(=O)C4CCC4)ccc3O[C@H]2[C@@H](CO)O1)NCC(F)(F)F. The van der Waals surface area contributed by atoms with Gasteiger partial charge in [0.2, 0.25) is 11.8 Å². The van der Waals surface area contributed by atoms with Crippen LogP contribution in [0.15, 0.2) is 18.2 Å². The zero-order valence-corrected chi connectivity index (χ0v) is 16.8. The van der Waals surface area contributed by atoms with Crippen molar-refractivity contribution in [1.29, 1.82) is 0 Å². The summed E-state index contributed by atoms with van der Waals surface area (Å²) >= 11 is 0. The van der Waals surface area contributed by atoms with Crippen molar-refractivity contribution in [3.63, 3.8) is 0 Å². The van der Waals surface area contributed by atoms with E-state index in [2.05, 4.69) is 5.32 Å². The molecule has 0 aromatic heterocycles. The normalized spacial score (nSPS) is 27.5. The molecular weight excluding hydrogens is 417 g/mol. The first-order chi connectivity index (χ1) is 14.7. The average molecular weight is 442 g/mol. The summed E-state index contributed by atoms with van der Waals surface area (Å²) in [6.07, 6.45) is -3.38. The second kappa shape index (κ2) is 8.66. The molecule has 4 atom stereocenters. The minimum absolute atomic E-state index is 0.0129. The van der Waals surface area contributed by atoms with Crippen LogP contribution < -0.4 is 15.4 Å². The van der Waals surface area contributed by atoms with Crippen LogP contribution in [0.25, 0.3) is 0 Å². The summed E-state index contributed by atoms with van der Waals surface area (Å²) in [5.41, 5.74) is 1.48. The first-order valence-corrected chi connectivity index (χ1v) is 10.4. The van der Waals surface area contributed by atoms with E-state index in [4.69, 9.17) is 9.47 Å². The summed E-state index contributed by atoms with van der Waals surface area (Å²) in [6, 6.07) is 5.34. The van der Waals surface area contributed by atoms with Gasteiger partial charge < -0.3 is 25.2 Å². The number of benzene rings is 1. The quantitative estimate of drug-likeness (QED) is 0.629. The highest BCUT2D eigenvalue weighted by atomic mass is 19.4. The van der Waals surface area contributed by atoms with Crippen molar-refractivity contribution >= 4 is 17.5 Å². The number of aliphatic hydroxyl groups excluding tert-OH is 1. The largest absolute Gasteiger partial charge is 0.487 e. The van der Waals surface area contributed by atoms with Crippen molar-refractivity contribution in [3.8, 4) is 5.75 Å². The summed E-state index contributed by atoms with van der Waals surface area (Å²) in [5.74, 6) is -0.333. The molecule has 0 unspecified atom stereocenters. The van der Waals surface area contributed by atoms with Crippen LogP contribution in [-0.2, 0) is 14.3 Å². The molecule has 1 saturated heterocycles. The lowest BCUT2D eigenvalue weighted by Crippen LogP contribution is -2.47. The molecule has 2 aliphatic heterocycles. The van der Waals surface area contributed by atoms with Crippen molar-refractivity contribution < 1.29 is 37.3 Å². The van der Waals surface area contributed by atoms with E-state index in [9.17, 15) is 27.9 Å². The number of anilines is 1. The Hall–Kier alpha value is -2.33. The van der Waals surface area contributed by atoms with Crippen molar-refractivity contribution in [1.82, 2.24) is 5.32 Å². The highest BCUT2D eigenvalue weighted by Gasteiger charge is 2.46. The van der Waals surface area contributed by atoms with Gasteiger partial charge in [-0.15, -0.1) is 0 Å². The molecule has 2 amide bonds. The van der Waals surface area contributed by atoms with E-state index in [1.54, 1.807) is 12.1 Å². The van der Waals surface area contributed by atoms with Crippen LogP contribution in [0, 0.1) is 5.92 Å². The topological polar surface area (TPSA) is 96.9 Å². The minimum Gasteiger partial charge on any atom is -0.487 e. The van der Waals surface area contributed by atoms with E-state index in [1.807, 2.05) is 11.4 Å². The lowest BCUT2D eigenvalue weighted by atomic mass is 9.83. The third-order valence-electron chi connectivity index (χ3n) is 6.14. The van der Waals surface area contributed by atoms with Crippen LogP contribution in [0.2, 0.25) is 0 Å². The second-order valence-electron chi connectivity index (χ2n) is 8.37. The number of aliphatic hydroxyl groups is 1. The molecule has 31 heavy (non-hydrogen) atoms. The third-order valence-corrected chi connectivity index (χ3v) is 6.14. The van der Waals surface area contributed by atoms with Crippen molar-refractivity contribution in [2.24, 2.45) is 5.92 Å². The minimum atomic E-state index is -4.49. The molecule has 170 valence electrons. The molecule has 1 aromatic carbocycles. The van der Waals surface area contributed by atoms with Crippen molar-refractivity contribution in [2.75, 3.05) is 18.5 Å². The van der Waals surface area contributed by atoms with Crippen LogP contribution in [0.1, 0.15) is 43.6 Å². The second-order valence-corrected chi connectivity index (χ2v) is 8.37. The monoisotopic (exact) mass is 442 g/mol. The first-order valence-electron chi connectivity index (χ1n) is 10.4. The number of nitrogens with one attached hydrogen (secondary N) is 2. The fourth-order valence-electron chi connectivity index (χ4n) is 4.36. The molecule has 7 nitrogen and oxygen atoms in total. The smallest absolute Gasteiger partial charge is 0.405 e. The van der Waals surface area contributed by atoms with Gasteiger partial charge >= 0.3 is 6.18 Å². The van der Waals surface area contributed by atoms with E-state index in [-0.39, 0.29) is 30.8 Å². The molecule has 2 fully saturated rings. The Balaban J connectivity index is 1.44. The molecule has 1 saturated carbocycles. The van der Waals surface area contributed by atoms with Gasteiger partial charge in [-0.3, -0.25) is 9.59 Å². The Morgan fingerprint density at radius 2 is 2.00 bits per heavy atom. The molecule has 0 spiro atoms. The number of alkyl halides is 3. The average Bonchev–Trinajstić information content (AvgIpc) is 3.02. The van der Waals surface area contributed by atoms with E-state index in [1.165, 1.54) is 0 Å². The summed E-state index contributed by atoms with van der Waals surface area (Å²) in [5, 5.41) is 14.5. The van der Waals surface area contributed by atoms with Gasteiger partial charge in [0.05, 0.1) is 19.1 Å². The van der Waals surface area contributed by atoms with Gasteiger partial charge in [-0.05, 0) is 37.5 Å². The Bertz CT molecular complexity index is 843. The van der Waals surface area contributed by atoms with E-state index < -0.39 is 36.9 Å². The third kappa shape index (κ3) is 4.95. The maximum Gasteiger partial charge on any atom is 0.405 e. The van der Waals surface area contributed by atoms with Gasteiger partial charge in [0.15, 0.2) is 0 Å². The Morgan fingerprint density at radius 1 is 1.23 bits per heavy atom. The number of amides is 2. The number of halogens is 3. The number of hydrogen-bond donors (Lipinski definition) is 3. The van der Waals surface area contributed by atoms with Gasteiger partial charge in [-0.2, -0.15) is 13.2 Å². The number of carbonyl (C=O) groups is 2. The summed E-state index contributed by atoms with van der Waals surface area (Å²) in [6.45, 7) is -1.74. The molecule has 0 bridgehead atoms. The summed E-state index contributed by atoms with van der Waals surface area (Å²) in [7, 11) is 0. The van der Waals surface area contributed by atoms with E-state index in [0.29, 0.717) is 17.9 Å². The molecule has 2 heterocycles. The maximum absolute atomic E-state index is 12.3. The molecular formula is C21H25F3N2O5. The van der Waals surface area contributed by atoms with Crippen LogP contribution in [0.5, 0.6) is 5.75 Å². The number of rotatable bonds is 6. The fourth-order valence-corrected chi connectivity index (χ4v) is 4.36. The number of fused-ring (bicyclic) bond motifs is 3. The zero-order chi connectivity index (χ0) is 22.2. The first kappa shape index (κ1) is 21.9. The lowest BCUT2D eigenvalue weighted by molar-refractivity contribution is -0.149. The van der Waals surface area contributed by atoms with Crippen molar-refractivity contribution in [2.45, 2.75) is 62.5 Å². The predicted octanol–water partition coefficient (Wildman–Crippen LogP) is 2.49. The van der Waals surface area contributed by atoms with Gasteiger partial charge in [0.25, 0.3) is 0 Å². The maximum atomic E-state index is 12.3. The highest BCUT2D eigenvalue weighted by Crippen LogP contribution is 2.47. The van der Waals surface area contributed by atoms with E-state index in [0.717, 1.165) is 24.8 Å². The van der Waals surface area contributed by atoms with Crippen LogP contribution in [0.3, 0.4) is 0 Å². The highest BCUT2D eigenvalue weighted by molar-refractivity contribution is 5.93. The molecule has 10 heteroatoms. The Labute approximate surface area is 177 Å². The molecule has 0 radical (unpaired) electrons. The van der Waals surface area contributed by atoms with Gasteiger partial charge in [-0.25, -0.2) is 0 Å². The van der Waals surface area contributed by atoms with Crippen molar-refractivity contribution in [3.05, 3.63) is 23.8 Å². The standard InChI is InChI=1S/C21H25F3N2O5/c22-21(23,24)10-25-18(28)8-13-7-15-14-6-12(26-20(29)11-2-1-3-11)4-5-16(14)31-19(15)17(9-27)30-13/h4-6,11,13,15,17,19,27H,1-3,7-10H2,(H,25,28)(H,26,29)/t13-,15-,17+,19+/m0/s1. The lowest BCUT2D eigenvalue weighted by Gasteiger charge is -2.37. The molecule has 4 rings (SSSR count). The van der Waals surface area contributed by atoms with Gasteiger partial charge in [-0.1, -0.05) is 6.42 Å². The Kier molecular flexibility index (Phi) is 6.11. The van der Waals surface area contributed by atoms with Gasteiger partial charge in [0.1, 0.15) is 24.5 Å². The molecule has 3 aliphatic rings. The zero-order valence-electron chi connectivity index (χ0n) is 16.8. The molecule has 1 aromatic rings. The number of carbonyl (C=O) groups excluding carboxylic acids is 2. The van der Waals surface area contributed by atoms with Crippen LogP contribution >= 0.6 is 0 Å². The number of ether oxygens (including phenoxy) is 2.